The summed E-state index contributed by atoms with van der Waals surface area (Å²) in [6.07, 6.45) is 4.82. The van der Waals surface area contributed by atoms with Crippen molar-refractivity contribution in [1.82, 2.24) is 10.2 Å². The number of nitrogens with one attached hydrogen (secondary N) is 1. The highest BCUT2D eigenvalue weighted by molar-refractivity contribution is 5.06. The molecule has 0 fully saturated rings. The Bertz CT molecular complexity index is 168. The van der Waals surface area contributed by atoms with Crippen molar-refractivity contribution in [2.45, 2.75) is 19.4 Å². The highest BCUT2D eigenvalue weighted by Crippen LogP contribution is 2.17. The van der Waals surface area contributed by atoms with Crippen molar-refractivity contribution in [1.29, 1.82) is 0 Å². The van der Waals surface area contributed by atoms with Crippen LogP contribution in [-0.4, -0.2) is 17.3 Å². The van der Waals surface area contributed by atoms with Gasteiger partial charge in [0.1, 0.15) is 0 Å². The third kappa shape index (κ3) is 1.36. The van der Waals surface area contributed by atoms with Crippen LogP contribution in [-0.2, 0) is 4.74 Å². The van der Waals surface area contributed by atoms with Crippen LogP contribution in [0, 0.1) is 0 Å². The van der Waals surface area contributed by atoms with Gasteiger partial charge in [-0.25, -0.2) is 0 Å². The molecule has 1 heterocycles. The van der Waals surface area contributed by atoms with Crippen LogP contribution in [0.1, 0.15) is 25.0 Å². The fourth-order valence-electron chi connectivity index (χ4n) is 0.975. The summed E-state index contributed by atoms with van der Waals surface area (Å²) in [6, 6.07) is 0. The fourth-order valence-corrected chi connectivity index (χ4v) is 0.975. The molecule has 1 rings (SSSR count). The van der Waals surface area contributed by atoms with E-state index in [9.17, 15) is 0 Å². The molecule has 0 aliphatic heterocycles. The SMILES string of the molecule is CCC(OC)c1cn[nH]c1. The molecule has 3 nitrogen and oxygen atoms in total. The summed E-state index contributed by atoms with van der Waals surface area (Å²) in [5, 5.41) is 6.58. The minimum Gasteiger partial charge on any atom is -0.377 e. The molecule has 1 aromatic heterocycles. The molecule has 1 aromatic rings. The van der Waals surface area contributed by atoms with Crippen LogP contribution in [0.3, 0.4) is 0 Å². The summed E-state index contributed by atoms with van der Waals surface area (Å²) in [4.78, 5) is 0. The molecule has 0 saturated heterocycles. The number of hydrogen-bond donors (Lipinski definition) is 1. The Morgan fingerprint density at radius 3 is 3.00 bits per heavy atom. The first-order chi connectivity index (χ1) is 4.88. The van der Waals surface area contributed by atoms with Crippen molar-refractivity contribution in [2.24, 2.45) is 0 Å². The van der Waals surface area contributed by atoms with Gasteiger partial charge in [0, 0.05) is 18.9 Å². The number of H-pyrrole nitrogens is 1. The predicted octanol–water partition coefficient (Wildman–Crippen LogP) is 1.51. The molecular formula is C7H12N2O. The predicted molar refractivity (Wildman–Crippen MR) is 38.6 cm³/mol. The van der Waals surface area contributed by atoms with E-state index < -0.39 is 0 Å². The lowest BCUT2D eigenvalue weighted by Crippen LogP contribution is -1.97. The number of aromatic nitrogens is 2. The average molecular weight is 140 g/mol. The summed E-state index contributed by atoms with van der Waals surface area (Å²) < 4.78 is 5.18. The Morgan fingerprint density at radius 2 is 2.60 bits per heavy atom. The minimum atomic E-state index is 0.193. The second kappa shape index (κ2) is 3.37. The molecule has 1 unspecified atom stereocenters. The first-order valence-electron chi connectivity index (χ1n) is 3.40. The molecule has 0 amide bonds. The summed E-state index contributed by atoms with van der Waals surface area (Å²) >= 11 is 0. The maximum atomic E-state index is 5.18. The van der Waals surface area contributed by atoms with Gasteiger partial charge >= 0.3 is 0 Å². The van der Waals surface area contributed by atoms with Gasteiger partial charge in [-0.05, 0) is 6.42 Å². The van der Waals surface area contributed by atoms with Crippen LogP contribution in [0.4, 0.5) is 0 Å². The second-order valence-corrected chi connectivity index (χ2v) is 2.16. The van der Waals surface area contributed by atoms with Gasteiger partial charge in [0.25, 0.3) is 0 Å². The normalized spacial score (nSPS) is 13.4. The van der Waals surface area contributed by atoms with Crippen LogP contribution in [0.5, 0.6) is 0 Å². The fraction of sp³-hybridized carbons (Fsp3) is 0.571. The Kier molecular flexibility index (Phi) is 2.45. The van der Waals surface area contributed by atoms with Crippen LogP contribution in [0.15, 0.2) is 12.4 Å². The zero-order chi connectivity index (χ0) is 7.40. The monoisotopic (exact) mass is 140 g/mol. The third-order valence-corrected chi connectivity index (χ3v) is 1.55. The lowest BCUT2D eigenvalue weighted by atomic mass is 10.1. The van der Waals surface area contributed by atoms with E-state index in [0.717, 1.165) is 12.0 Å². The molecule has 0 aliphatic carbocycles. The largest absolute Gasteiger partial charge is 0.377 e. The van der Waals surface area contributed by atoms with Gasteiger partial charge in [-0.3, -0.25) is 5.10 Å². The van der Waals surface area contributed by atoms with Gasteiger partial charge in [-0.15, -0.1) is 0 Å². The highest BCUT2D eigenvalue weighted by Gasteiger charge is 2.06. The molecule has 1 atom stereocenters. The number of methoxy groups -OCH3 is 1. The minimum absolute atomic E-state index is 0.193. The highest BCUT2D eigenvalue weighted by atomic mass is 16.5. The van der Waals surface area contributed by atoms with E-state index in [1.165, 1.54) is 0 Å². The molecule has 0 spiro atoms. The van der Waals surface area contributed by atoms with Gasteiger partial charge in [-0.2, -0.15) is 5.10 Å². The zero-order valence-electron chi connectivity index (χ0n) is 6.29. The summed E-state index contributed by atoms with van der Waals surface area (Å²) in [5.74, 6) is 0. The summed E-state index contributed by atoms with van der Waals surface area (Å²) in [6.45, 7) is 2.08. The summed E-state index contributed by atoms with van der Waals surface area (Å²) in [7, 11) is 1.71. The Balaban J connectivity index is 2.64. The maximum absolute atomic E-state index is 5.18. The lowest BCUT2D eigenvalue weighted by Gasteiger charge is -2.08. The first kappa shape index (κ1) is 7.28. The van der Waals surface area contributed by atoms with Crippen molar-refractivity contribution < 1.29 is 4.74 Å². The van der Waals surface area contributed by atoms with E-state index in [-0.39, 0.29) is 6.10 Å². The first-order valence-corrected chi connectivity index (χ1v) is 3.40. The van der Waals surface area contributed by atoms with Crippen molar-refractivity contribution in [3.05, 3.63) is 18.0 Å². The van der Waals surface area contributed by atoms with Gasteiger partial charge in [0.15, 0.2) is 0 Å². The van der Waals surface area contributed by atoms with Crippen LogP contribution in [0.25, 0.3) is 0 Å². The van der Waals surface area contributed by atoms with Crippen LogP contribution < -0.4 is 0 Å². The molecule has 10 heavy (non-hydrogen) atoms. The van der Waals surface area contributed by atoms with E-state index in [2.05, 4.69) is 17.1 Å². The zero-order valence-corrected chi connectivity index (χ0v) is 6.29. The molecular weight excluding hydrogens is 128 g/mol. The van der Waals surface area contributed by atoms with E-state index in [1.807, 2.05) is 6.20 Å². The molecule has 0 bridgehead atoms. The van der Waals surface area contributed by atoms with Crippen molar-refractivity contribution in [3.8, 4) is 0 Å². The molecule has 0 radical (unpaired) electrons. The topological polar surface area (TPSA) is 37.9 Å². The van der Waals surface area contributed by atoms with Crippen molar-refractivity contribution in [3.63, 3.8) is 0 Å². The van der Waals surface area contributed by atoms with Gasteiger partial charge < -0.3 is 4.74 Å². The van der Waals surface area contributed by atoms with E-state index in [1.54, 1.807) is 13.3 Å². The maximum Gasteiger partial charge on any atom is 0.0848 e. The molecule has 1 N–H and O–H groups in total. The number of rotatable bonds is 3. The van der Waals surface area contributed by atoms with Crippen LogP contribution >= 0.6 is 0 Å². The van der Waals surface area contributed by atoms with Gasteiger partial charge in [-0.1, -0.05) is 6.92 Å². The number of ether oxygens (including phenoxy) is 1. The van der Waals surface area contributed by atoms with Gasteiger partial charge in [0.05, 0.1) is 12.3 Å². The Hall–Kier alpha value is -0.830. The van der Waals surface area contributed by atoms with E-state index >= 15 is 0 Å². The second-order valence-electron chi connectivity index (χ2n) is 2.16. The van der Waals surface area contributed by atoms with Crippen molar-refractivity contribution >= 4 is 0 Å². The molecule has 56 valence electrons. The average Bonchev–Trinajstić information content (AvgIpc) is 2.43. The third-order valence-electron chi connectivity index (χ3n) is 1.55. The molecule has 0 aromatic carbocycles. The lowest BCUT2D eigenvalue weighted by molar-refractivity contribution is 0.100. The molecule has 3 heteroatoms. The number of hydrogen-bond acceptors (Lipinski definition) is 2. The summed E-state index contributed by atoms with van der Waals surface area (Å²) in [5.41, 5.74) is 1.12. The molecule has 0 saturated carbocycles. The standard InChI is InChI=1S/C7H12N2O/c1-3-7(10-2)6-4-8-9-5-6/h4-5,7H,3H2,1-2H3,(H,8,9). The van der Waals surface area contributed by atoms with Gasteiger partial charge in [0.2, 0.25) is 0 Å². The van der Waals surface area contributed by atoms with E-state index in [4.69, 9.17) is 4.74 Å². The smallest absolute Gasteiger partial charge is 0.0848 e. The van der Waals surface area contributed by atoms with E-state index in [0.29, 0.717) is 0 Å². The number of aromatic amines is 1. The Morgan fingerprint density at radius 1 is 1.80 bits per heavy atom. The number of nitrogens with zero attached hydrogens (tertiary/aromatic N) is 1. The molecule has 0 aliphatic rings. The van der Waals surface area contributed by atoms with Crippen LogP contribution in [0.2, 0.25) is 0 Å². The quantitative estimate of drug-likeness (QED) is 0.691. The van der Waals surface area contributed by atoms with Crippen molar-refractivity contribution in [2.75, 3.05) is 7.11 Å². The Labute approximate surface area is 60.4 Å².